The summed E-state index contributed by atoms with van der Waals surface area (Å²) in [5.74, 6) is 0.986. The monoisotopic (exact) mass is 325 g/mol. The zero-order valence-corrected chi connectivity index (χ0v) is 13.7. The van der Waals surface area contributed by atoms with E-state index in [-0.39, 0.29) is 11.1 Å². The minimum Gasteiger partial charge on any atom is -0.355 e. The van der Waals surface area contributed by atoms with Crippen LogP contribution in [0.2, 0.25) is 0 Å². The number of aromatic nitrogens is 4. The summed E-state index contributed by atoms with van der Waals surface area (Å²) in [6.07, 6.45) is 2.00. The molecule has 0 atom stereocenters. The van der Waals surface area contributed by atoms with Crippen LogP contribution in [0.25, 0.3) is 11.0 Å². The summed E-state index contributed by atoms with van der Waals surface area (Å²) >= 11 is 0. The maximum Gasteiger partial charge on any atom is 0.293 e. The molecule has 2 aromatic heterocycles. The molecule has 0 saturated heterocycles. The first-order chi connectivity index (χ1) is 11.6. The number of rotatable bonds is 5. The van der Waals surface area contributed by atoms with Crippen LogP contribution in [0.3, 0.4) is 0 Å². The number of hydrogen-bond donors (Lipinski definition) is 1. The summed E-state index contributed by atoms with van der Waals surface area (Å²) < 4.78 is 1.72. The van der Waals surface area contributed by atoms with Crippen molar-refractivity contribution in [1.29, 1.82) is 0 Å². The number of anilines is 1. The molecule has 0 amide bonds. The molecule has 0 fully saturated rings. The quantitative estimate of drug-likeness (QED) is 0.761. The van der Waals surface area contributed by atoms with Gasteiger partial charge < -0.3 is 14.5 Å². The van der Waals surface area contributed by atoms with E-state index in [4.69, 9.17) is 0 Å². The van der Waals surface area contributed by atoms with E-state index in [1.807, 2.05) is 38.2 Å². The fourth-order valence-corrected chi connectivity index (χ4v) is 2.66. The van der Waals surface area contributed by atoms with E-state index in [1.54, 1.807) is 9.47 Å². The van der Waals surface area contributed by atoms with E-state index >= 15 is 0 Å². The van der Waals surface area contributed by atoms with Gasteiger partial charge in [0.1, 0.15) is 5.82 Å². The van der Waals surface area contributed by atoms with Crippen molar-refractivity contribution in [2.75, 3.05) is 18.5 Å². The van der Waals surface area contributed by atoms with Crippen molar-refractivity contribution in [3.8, 4) is 0 Å². The fraction of sp³-hybridized carbons (Fsp3) is 0.294. The van der Waals surface area contributed by atoms with E-state index in [1.165, 1.54) is 12.3 Å². The number of fused-ring (bicyclic) bond motifs is 1. The third-order valence-corrected chi connectivity index (χ3v) is 3.92. The first-order valence-electron chi connectivity index (χ1n) is 7.85. The van der Waals surface area contributed by atoms with E-state index in [9.17, 15) is 9.59 Å². The fourth-order valence-electron chi connectivity index (χ4n) is 2.66. The zero-order valence-electron chi connectivity index (χ0n) is 13.7. The van der Waals surface area contributed by atoms with Crippen molar-refractivity contribution in [2.45, 2.75) is 19.9 Å². The summed E-state index contributed by atoms with van der Waals surface area (Å²) in [5, 5.41) is 0. The van der Waals surface area contributed by atoms with Crippen LogP contribution in [0, 0.1) is 0 Å². The lowest BCUT2D eigenvalue weighted by Crippen LogP contribution is -2.32. The standard InChI is InChI=1S/C17H19N5O2/c1-3-22-13-7-5-4-6-12(13)19-16(17(22)24)21(2)11-9-14-18-10-8-15(23)20-14/h4-8,10H,3,9,11H2,1-2H3,(H,18,20,23). The molecular formula is C17H19N5O2. The Balaban J connectivity index is 1.92. The van der Waals surface area contributed by atoms with Crippen LogP contribution in [0.1, 0.15) is 12.7 Å². The average molecular weight is 325 g/mol. The highest BCUT2D eigenvalue weighted by atomic mass is 16.1. The Morgan fingerprint density at radius 2 is 2.00 bits per heavy atom. The molecular weight excluding hydrogens is 306 g/mol. The Hall–Kier alpha value is -2.96. The Morgan fingerprint density at radius 3 is 2.75 bits per heavy atom. The number of nitrogens with one attached hydrogen (secondary N) is 1. The summed E-state index contributed by atoms with van der Waals surface area (Å²) in [6.45, 7) is 3.05. The lowest BCUT2D eigenvalue weighted by atomic mass is 10.3. The summed E-state index contributed by atoms with van der Waals surface area (Å²) in [6, 6.07) is 8.97. The smallest absolute Gasteiger partial charge is 0.293 e. The number of para-hydroxylation sites is 2. The first kappa shape index (κ1) is 15.9. The van der Waals surface area contributed by atoms with Crippen molar-refractivity contribution in [1.82, 2.24) is 19.5 Å². The van der Waals surface area contributed by atoms with Gasteiger partial charge in [0.15, 0.2) is 5.82 Å². The zero-order chi connectivity index (χ0) is 17.1. The normalized spacial score (nSPS) is 10.9. The number of nitrogens with zero attached hydrogens (tertiary/aromatic N) is 4. The van der Waals surface area contributed by atoms with Crippen LogP contribution in [-0.4, -0.2) is 33.1 Å². The minimum absolute atomic E-state index is 0.117. The van der Waals surface area contributed by atoms with Crippen LogP contribution in [0.5, 0.6) is 0 Å². The molecule has 1 aromatic carbocycles. The lowest BCUT2D eigenvalue weighted by molar-refractivity contribution is 0.735. The average Bonchev–Trinajstić information content (AvgIpc) is 2.59. The van der Waals surface area contributed by atoms with Gasteiger partial charge in [-0.05, 0) is 19.1 Å². The van der Waals surface area contributed by atoms with Gasteiger partial charge in [-0.25, -0.2) is 9.97 Å². The number of aromatic amines is 1. The molecule has 0 aliphatic heterocycles. The SMILES string of the molecule is CCn1c(=O)c(N(C)CCc2nccc(=O)[nH]2)nc2ccccc21. The molecule has 0 saturated carbocycles. The minimum atomic E-state index is -0.181. The van der Waals surface area contributed by atoms with Gasteiger partial charge in [0.05, 0.1) is 11.0 Å². The Morgan fingerprint density at radius 1 is 1.21 bits per heavy atom. The summed E-state index contributed by atoms with van der Waals surface area (Å²) in [4.78, 5) is 37.1. The van der Waals surface area contributed by atoms with Crippen LogP contribution in [0.15, 0.2) is 46.1 Å². The van der Waals surface area contributed by atoms with Crippen molar-refractivity contribution in [3.05, 3.63) is 63.1 Å². The van der Waals surface area contributed by atoms with Gasteiger partial charge in [-0.1, -0.05) is 12.1 Å². The van der Waals surface area contributed by atoms with Gasteiger partial charge in [-0.2, -0.15) is 0 Å². The maximum atomic E-state index is 12.7. The van der Waals surface area contributed by atoms with Gasteiger partial charge in [-0.3, -0.25) is 9.59 Å². The van der Waals surface area contributed by atoms with E-state index in [0.29, 0.717) is 31.2 Å². The predicted octanol–water partition coefficient (Wildman–Crippen LogP) is 1.18. The summed E-state index contributed by atoms with van der Waals surface area (Å²) in [7, 11) is 1.82. The molecule has 0 aliphatic rings. The van der Waals surface area contributed by atoms with Gasteiger partial charge in [0.25, 0.3) is 11.1 Å². The number of H-pyrrole nitrogens is 1. The van der Waals surface area contributed by atoms with Crippen LogP contribution in [0.4, 0.5) is 5.82 Å². The Kier molecular flexibility index (Phi) is 4.41. The Labute approximate surface area is 138 Å². The molecule has 0 radical (unpaired) electrons. The van der Waals surface area contributed by atoms with Gasteiger partial charge in [0.2, 0.25) is 0 Å². The van der Waals surface area contributed by atoms with Crippen LogP contribution >= 0.6 is 0 Å². The van der Waals surface area contributed by atoms with Gasteiger partial charge in [-0.15, -0.1) is 0 Å². The molecule has 1 N–H and O–H groups in total. The molecule has 3 aromatic rings. The molecule has 0 unspecified atom stereocenters. The van der Waals surface area contributed by atoms with Crippen molar-refractivity contribution < 1.29 is 0 Å². The number of hydrogen-bond acceptors (Lipinski definition) is 5. The van der Waals surface area contributed by atoms with Crippen molar-refractivity contribution in [2.24, 2.45) is 0 Å². The maximum absolute atomic E-state index is 12.7. The molecule has 0 aliphatic carbocycles. The van der Waals surface area contributed by atoms with Gasteiger partial charge >= 0.3 is 0 Å². The molecule has 124 valence electrons. The Bertz CT molecular complexity index is 976. The highest BCUT2D eigenvalue weighted by Crippen LogP contribution is 2.13. The number of likely N-dealkylation sites (N-methyl/N-ethyl adjacent to an activating group) is 1. The van der Waals surface area contributed by atoms with Crippen molar-refractivity contribution >= 4 is 16.9 Å². The molecule has 0 bridgehead atoms. The van der Waals surface area contributed by atoms with Crippen LogP contribution in [-0.2, 0) is 13.0 Å². The molecule has 7 nitrogen and oxygen atoms in total. The second-order valence-electron chi connectivity index (χ2n) is 5.53. The lowest BCUT2D eigenvalue weighted by Gasteiger charge is -2.19. The van der Waals surface area contributed by atoms with Gasteiger partial charge in [0, 0.05) is 38.8 Å². The van der Waals surface area contributed by atoms with Crippen molar-refractivity contribution in [3.63, 3.8) is 0 Å². The highest BCUT2D eigenvalue weighted by molar-refractivity contribution is 5.76. The van der Waals surface area contributed by atoms with Crippen LogP contribution < -0.4 is 16.0 Å². The molecule has 24 heavy (non-hydrogen) atoms. The number of benzene rings is 1. The third-order valence-electron chi connectivity index (χ3n) is 3.92. The second kappa shape index (κ2) is 6.66. The highest BCUT2D eigenvalue weighted by Gasteiger charge is 2.13. The molecule has 3 rings (SSSR count). The van der Waals surface area contributed by atoms with E-state index in [2.05, 4.69) is 15.0 Å². The summed E-state index contributed by atoms with van der Waals surface area (Å²) in [5.41, 5.74) is 1.32. The topological polar surface area (TPSA) is 83.9 Å². The van der Waals surface area contributed by atoms with E-state index < -0.39 is 0 Å². The largest absolute Gasteiger partial charge is 0.355 e. The second-order valence-corrected chi connectivity index (χ2v) is 5.53. The molecule has 0 spiro atoms. The number of aryl methyl sites for hydroxylation is 1. The first-order valence-corrected chi connectivity index (χ1v) is 7.85. The third kappa shape index (κ3) is 3.05. The van der Waals surface area contributed by atoms with E-state index in [0.717, 1.165) is 11.0 Å². The molecule has 7 heteroatoms. The predicted molar refractivity (Wildman–Crippen MR) is 93.5 cm³/mol. The molecule has 2 heterocycles.